The summed E-state index contributed by atoms with van der Waals surface area (Å²) in [4.78, 5) is 23.4. The average Bonchev–Trinajstić information content (AvgIpc) is 2.60. The van der Waals surface area contributed by atoms with Crippen molar-refractivity contribution in [2.45, 2.75) is 19.9 Å². The third-order valence-electron chi connectivity index (χ3n) is 3.71. The Morgan fingerprint density at radius 1 is 1.19 bits per heavy atom. The molecule has 0 radical (unpaired) electrons. The average molecular weight is 376 g/mol. The molecule has 0 heterocycles. The summed E-state index contributed by atoms with van der Waals surface area (Å²) in [5.74, 6) is 0.211. The van der Waals surface area contributed by atoms with Crippen LogP contribution in [0.3, 0.4) is 0 Å². The summed E-state index contributed by atoms with van der Waals surface area (Å²) >= 11 is 6.16. The Hall–Kier alpha value is -2.73. The fraction of sp³-hybridized carbons (Fsp3) is 0.263. The summed E-state index contributed by atoms with van der Waals surface area (Å²) in [7, 11) is 1.54. The van der Waals surface area contributed by atoms with Crippen molar-refractivity contribution in [1.29, 1.82) is 0 Å². The maximum atomic E-state index is 12.2. The van der Waals surface area contributed by atoms with Crippen LogP contribution in [0.15, 0.2) is 42.5 Å². The summed E-state index contributed by atoms with van der Waals surface area (Å²) < 4.78 is 5.28. The molecule has 1 atom stereocenters. The van der Waals surface area contributed by atoms with Crippen LogP contribution in [0, 0.1) is 0 Å². The van der Waals surface area contributed by atoms with Gasteiger partial charge in [0.05, 0.1) is 25.4 Å². The molecule has 0 bridgehead atoms. The number of carbonyl (C=O) groups is 2. The van der Waals surface area contributed by atoms with E-state index >= 15 is 0 Å². The van der Waals surface area contributed by atoms with Gasteiger partial charge in [-0.25, -0.2) is 0 Å². The molecule has 0 aliphatic rings. The van der Waals surface area contributed by atoms with Gasteiger partial charge in [0.1, 0.15) is 5.75 Å². The summed E-state index contributed by atoms with van der Waals surface area (Å²) in [6, 6.07) is 12.3. The maximum absolute atomic E-state index is 12.2. The standard InChI is InChI=1S/C19H22ClN3O3/c1-12(15-6-4-5-7-16(15)20)22-19(25)11-21-17-10-14(23-13(2)24)8-9-18(17)26-3/h4-10,12,21H,11H2,1-3H3,(H,22,25)(H,23,24). The molecule has 26 heavy (non-hydrogen) atoms. The summed E-state index contributed by atoms with van der Waals surface area (Å²) in [6.45, 7) is 3.35. The van der Waals surface area contributed by atoms with Crippen molar-refractivity contribution in [3.05, 3.63) is 53.1 Å². The molecule has 3 N–H and O–H groups in total. The number of hydrogen-bond acceptors (Lipinski definition) is 4. The first-order valence-electron chi connectivity index (χ1n) is 8.14. The summed E-state index contributed by atoms with van der Waals surface area (Å²) in [5.41, 5.74) is 2.08. The van der Waals surface area contributed by atoms with Crippen molar-refractivity contribution >= 4 is 34.8 Å². The molecule has 6 nitrogen and oxygen atoms in total. The number of ether oxygens (including phenoxy) is 1. The number of rotatable bonds is 7. The van der Waals surface area contributed by atoms with Gasteiger partial charge in [0.2, 0.25) is 11.8 Å². The molecule has 0 aromatic heterocycles. The zero-order chi connectivity index (χ0) is 19.1. The highest BCUT2D eigenvalue weighted by atomic mass is 35.5. The second-order valence-electron chi connectivity index (χ2n) is 5.76. The summed E-state index contributed by atoms with van der Waals surface area (Å²) in [5, 5.41) is 9.23. The third-order valence-corrected chi connectivity index (χ3v) is 4.05. The van der Waals surface area contributed by atoms with Crippen molar-refractivity contribution in [3.63, 3.8) is 0 Å². The largest absolute Gasteiger partial charge is 0.495 e. The Labute approximate surface area is 157 Å². The van der Waals surface area contributed by atoms with Gasteiger partial charge in [-0.3, -0.25) is 9.59 Å². The highest BCUT2D eigenvalue weighted by Gasteiger charge is 2.13. The van der Waals surface area contributed by atoms with E-state index in [9.17, 15) is 9.59 Å². The summed E-state index contributed by atoms with van der Waals surface area (Å²) in [6.07, 6.45) is 0. The van der Waals surface area contributed by atoms with Gasteiger partial charge < -0.3 is 20.7 Å². The third kappa shape index (κ3) is 5.39. The van der Waals surface area contributed by atoms with E-state index in [0.717, 1.165) is 5.56 Å². The molecule has 0 fully saturated rings. The van der Waals surface area contributed by atoms with E-state index in [1.165, 1.54) is 14.0 Å². The number of hydrogen-bond donors (Lipinski definition) is 3. The van der Waals surface area contributed by atoms with E-state index in [4.69, 9.17) is 16.3 Å². The van der Waals surface area contributed by atoms with E-state index in [0.29, 0.717) is 22.1 Å². The minimum absolute atomic E-state index is 0.0503. The topological polar surface area (TPSA) is 79.5 Å². The van der Waals surface area contributed by atoms with Gasteiger partial charge in [-0.05, 0) is 36.8 Å². The van der Waals surface area contributed by atoms with Crippen molar-refractivity contribution in [2.24, 2.45) is 0 Å². The van der Waals surface area contributed by atoms with Gasteiger partial charge in [-0.1, -0.05) is 29.8 Å². The van der Waals surface area contributed by atoms with E-state index in [1.54, 1.807) is 24.3 Å². The lowest BCUT2D eigenvalue weighted by atomic mass is 10.1. The van der Waals surface area contributed by atoms with Gasteiger partial charge in [-0.2, -0.15) is 0 Å². The highest BCUT2D eigenvalue weighted by Crippen LogP contribution is 2.28. The quantitative estimate of drug-likeness (QED) is 0.690. The zero-order valence-electron chi connectivity index (χ0n) is 14.9. The molecule has 2 aromatic rings. The van der Waals surface area contributed by atoms with Crippen molar-refractivity contribution < 1.29 is 14.3 Å². The van der Waals surface area contributed by atoms with Crippen LogP contribution in [0.4, 0.5) is 11.4 Å². The van der Waals surface area contributed by atoms with E-state index < -0.39 is 0 Å². The molecular weight excluding hydrogens is 354 g/mol. The second kappa shape index (κ2) is 9.10. The van der Waals surface area contributed by atoms with Gasteiger partial charge >= 0.3 is 0 Å². The first kappa shape index (κ1) is 19.6. The SMILES string of the molecule is COc1ccc(NC(C)=O)cc1NCC(=O)NC(C)c1ccccc1Cl. The number of nitrogens with one attached hydrogen (secondary N) is 3. The monoisotopic (exact) mass is 375 g/mol. The molecule has 0 aliphatic carbocycles. The first-order valence-corrected chi connectivity index (χ1v) is 8.51. The normalized spacial score (nSPS) is 11.4. The zero-order valence-corrected chi connectivity index (χ0v) is 15.7. The van der Waals surface area contributed by atoms with Gasteiger partial charge in [0.15, 0.2) is 0 Å². The number of halogens is 1. The molecule has 2 rings (SSSR count). The van der Waals surface area contributed by atoms with Crippen LogP contribution >= 0.6 is 11.6 Å². The molecule has 0 spiro atoms. The number of anilines is 2. The minimum Gasteiger partial charge on any atom is -0.495 e. The maximum Gasteiger partial charge on any atom is 0.239 e. The number of methoxy groups -OCH3 is 1. The van der Waals surface area contributed by atoms with Crippen LogP contribution in [0.2, 0.25) is 5.02 Å². The van der Waals surface area contributed by atoms with Gasteiger partial charge in [0, 0.05) is 17.6 Å². The predicted molar refractivity (Wildman–Crippen MR) is 104 cm³/mol. The van der Waals surface area contributed by atoms with Crippen molar-refractivity contribution in [2.75, 3.05) is 24.3 Å². The molecule has 0 aliphatic heterocycles. The second-order valence-corrected chi connectivity index (χ2v) is 6.17. The van der Waals surface area contributed by atoms with E-state index in [2.05, 4.69) is 16.0 Å². The van der Waals surface area contributed by atoms with Crippen LogP contribution in [0.5, 0.6) is 5.75 Å². The van der Waals surface area contributed by atoms with Crippen molar-refractivity contribution in [3.8, 4) is 5.75 Å². The van der Waals surface area contributed by atoms with Crippen LogP contribution in [-0.4, -0.2) is 25.5 Å². The molecule has 7 heteroatoms. The molecule has 2 amide bonds. The van der Waals surface area contributed by atoms with Gasteiger partial charge in [-0.15, -0.1) is 0 Å². The Balaban J connectivity index is 2.00. The fourth-order valence-electron chi connectivity index (χ4n) is 2.50. The Morgan fingerprint density at radius 3 is 2.58 bits per heavy atom. The molecule has 138 valence electrons. The van der Waals surface area contributed by atoms with Gasteiger partial charge in [0.25, 0.3) is 0 Å². The first-order chi connectivity index (χ1) is 12.4. The lowest BCUT2D eigenvalue weighted by molar-refractivity contribution is -0.120. The molecule has 1 unspecified atom stereocenters. The van der Waals surface area contributed by atoms with Crippen LogP contribution in [0.1, 0.15) is 25.5 Å². The molecule has 0 saturated carbocycles. The molecule has 2 aromatic carbocycles. The Morgan fingerprint density at radius 2 is 1.92 bits per heavy atom. The number of amides is 2. The van der Waals surface area contributed by atoms with E-state index in [1.807, 2.05) is 25.1 Å². The number of benzene rings is 2. The van der Waals surface area contributed by atoms with Crippen molar-refractivity contribution in [1.82, 2.24) is 5.32 Å². The smallest absolute Gasteiger partial charge is 0.239 e. The predicted octanol–water partition coefficient (Wildman–Crippen LogP) is 3.60. The highest BCUT2D eigenvalue weighted by molar-refractivity contribution is 6.31. The Bertz CT molecular complexity index is 795. The fourth-order valence-corrected chi connectivity index (χ4v) is 2.80. The molecule has 0 saturated heterocycles. The van der Waals surface area contributed by atoms with Crippen LogP contribution in [-0.2, 0) is 9.59 Å². The number of carbonyl (C=O) groups excluding carboxylic acids is 2. The minimum atomic E-state index is -0.217. The van der Waals surface area contributed by atoms with E-state index in [-0.39, 0.29) is 24.4 Å². The van der Waals surface area contributed by atoms with Crippen LogP contribution in [0.25, 0.3) is 0 Å². The Kier molecular flexibility index (Phi) is 6.86. The lowest BCUT2D eigenvalue weighted by Crippen LogP contribution is -2.32. The lowest BCUT2D eigenvalue weighted by Gasteiger charge is -2.17. The molecular formula is C19H22ClN3O3. The van der Waals surface area contributed by atoms with Crippen LogP contribution < -0.4 is 20.7 Å².